The molecule has 4 nitrogen and oxygen atoms in total. The molecule has 20 heavy (non-hydrogen) atoms. The summed E-state index contributed by atoms with van der Waals surface area (Å²) < 4.78 is 0. The van der Waals surface area contributed by atoms with E-state index in [9.17, 15) is 4.79 Å². The van der Waals surface area contributed by atoms with Crippen molar-refractivity contribution >= 4 is 17.3 Å². The highest BCUT2D eigenvalue weighted by atomic mass is 16.4. The van der Waals surface area contributed by atoms with Gasteiger partial charge in [0.1, 0.15) is 0 Å². The van der Waals surface area contributed by atoms with Gasteiger partial charge in [-0.15, -0.1) is 0 Å². The van der Waals surface area contributed by atoms with Crippen LogP contribution in [0.3, 0.4) is 0 Å². The lowest BCUT2D eigenvalue weighted by Gasteiger charge is -2.11. The number of nitrogens with two attached hydrogens (primary N) is 1. The molecule has 0 bridgehead atoms. The van der Waals surface area contributed by atoms with Gasteiger partial charge < -0.3 is 16.2 Å². The van der Waals surface area contributed by atoms with Gasteiger partial charge in [-0.1, -0.05) is 29.8 Å². The molecular formula is C16H18N2O2. The van der Waals surface area contributed by atoms with E-state index in [2.05, 4.69) is 5.32 Å². The van der Waals surface area contributed by atoms with Gasteiger partial charge in [-0.3, -0.25) is 0 Å². The first kappa shape index (κ1) is 13.9. The van der Waals surface area contributed by atoms with E-state index in [-0.39, 0.29) is 5.56 Å². The smallest absolute Gasteiger partial charge is 0.337 e. The maximum Gasteiger partial charge on any atom is 0.337 e. The fraction of sp³-hybridized carbons (Fsp3) is 0.188. The van der Waals surface area contributed by atoms with Crippen molar-refractivity contribution < 1.29 is 9.90 Å². The number of carboxylic acids is 1. The molecule has 0 aliphatic rings. The van der Waals surface area contributed by atoms with Gasteiger partial charge in [0.05, 0.1) is 5.56 Å². The minimum atomic E-state index is -1.01. The number of benzene rings is 2. The average molecular weight is 270 g/mol. The number of aromatic carboxylic acids is 1. The van der Waals surface area contributed by atoms with E-state index in [1.165, 1.54) is 5.56 Å². The maximum absolute atomic E-state index is 11.1. The molecule has 0 fully saturated rings. The number of hydrogen-bond donors (Lipinski definition) is 3. The monoisotopic (exact) mass is 270 g/mol. The van der Waals surface area contributed by atoms with Crippen LogP contribution in [-0.2, 0) is 6.54 Å². The van der Waals surface area contributed by atoms with Crippen LogP contribution in [0.25, 0.3) is 0 Å². The number of nitrogen functional groups attached to an aromatic ring is 1. The Balaban J connectivity index is 2.17. The Hall–Kier alpha value is -2.49. The van der Waals surface area contributed by atoms with Crippen LogP contribution in [0, 0.1) is 13.8 Å². The molecule has 0 aromatic heterocycles. The highest BCUT2D eigenvalue weighted by Crippen LogP contribution is 2.23. The van der Waals surface area contributed by atoms with E-state index < -0.39 is 5.97 Å². The zero-order valence-corrected chi connectivity index (χ0v) is 11.6. The first-order valence-electron chi connectivity index (χ1n) is 6.40. The molecule has 2 aromatic rings. The lowest BCUT2D eigenvalue weighted by Crippen LogP contribution is -2.07. The summed E-state index contributed by atoms with van der Waals surface area (Å²) >= 11 is 0. The van der Waals surface area contributed by atoms with Crippen molar-refractivity contribution in [3.8, 4) is 0 Å². The summed E-state index contributed by atoms with van der Waals surface area (Å²) in [6.07, 6.45) is 0. The minimum absolute atomic E-state index is 0.136. The van der Waals surface area contributed by atoms with Gasteiger partial charge in [-0.05, 0) is 37.1 Å². The molecule has 104 valence electrons. The van der Waals surface area contributed by atoms with E-state index >= 15 is 0 Å². The van der Waals surface area contributed by atoms with Gasteiger partial charge in [0.15, 0.2) is 0 Å². The standard InChI is InChI=1S/C16H18N2O2/c1-10-3-5-12(6-4-10)9-18-13-7-11(2)15(17)14(8-13)16(19)20/h3-8,18H,9,17H2,1-2H3,(H,19,20). The lowest BCUT2D eigenvalue weighted by molar-refractivity contribution is 0.0698. The van der Waals surface area contributed by atoms with Crippen LogP contribution >= 0.6 is 0 Å². The predicted octanol–water partition coefficient (Wildman–Crippen LogP) is 3.20. The molecule has 0 saturated carbocycles. The van der Waals surface area contributed by atoms with Crippen molar-refractivity contribution in [3.05, 3.63) is 58.7 Å². The Kier molecular flexibility index (Phi) is 3.94. The molecule has 0 aliphatic heterocycles. The van der Waals surface area contributed by atoms with E-state index in [1.807, 2.05) is 37.3 Å². The Morgan fingerprint density at radius 3 is 2.45 bits per heavy atom. The predicted molar refractivity (Wildman–Crippen MR) is 81.1 cm³/mol. The second kappa shape index (κ2) is 5.65. The molecule has 2 aromatic carbocycles. The van der Waals surface area contributed by atoms with E-state index in [0.29, 0.717) is 12.2 Å². The highest BCUT2D eigenvalue weighted by Gasteiger charge is 2.11. The summed E-state index contributed by atoms with van der Waals surface area (Å²) in [7, 11) is 0. The summed E-state index contributed by atoms with van der Waals surface area (Å²) in [5, 5.41) is 12.3. The van der Waals surface area contributed by atoms with Crippen molar-refractivity contribution in [2.24, 2.45) is 0 Å². The van der Waals surface area contributed by atoms with E-state index in [0.717, 1.165) is 16.8 Å². The molecule has 2 rings (SSSR count). The molecule has 4 heteroatoms. The summed E-state index contributed by atoms with van der Waals surface area (Å²) in [6.45, 7) is 4.49. The Labute approximate surface area is 118 Å². The number of rotatable bonds is 4. The van der Waals surface area contributed by atoms with Gasteiger partial charge in [0, 0.05) is 17.9 Å². The Morgan fingerprint density at radius 2 is 1.85 bits per heavy atom. The fourth-order valence-electron chi connectivity index (χ4n) is 1.99. The Morgan fingerprint density at radius 1 is 1.20 bits per heavy atom. The molecule has 0 saturated heterocycles. The SMILES string of the molecule is Cc1ccc(CNc2cc(C)c(N)c(C(=O)O)c2)cc1. The first-order valence-corrected chi connectivity index (χ1v) is 6.40. The van der Waals surface area contributed by atoms with E-state index in [1.54, 1.807) is 13.0 Å². The van der Waals surface area contributed by atoms with Crippen molar-refractivity contribution in [3.63, 3.8) is 0 Å². The second-order valence-electron chi connectivity index (χ2n) is 4.90. The molecular weight excluding hydrogens is 252 g/mol. The van der Waals surface area contributed by atoms with Crippen molar-refractivity contribution in [1.82, 2.24) is 0 Å². The van der Waals surface area contributed by atoms with Crippen LogP contribution < -0.4 is 11.1 Å². The number of anilines is 2. The summed E-state index contributed by atoms with van der Waals surface area (Å²) in [5.41, 5.74) is 10.1. The topological polar surface area (TPSA) is 75.3 Å². The van der Waals surface area contributed by atoms with Crippen molar-refractivity contribution in [1.29, 1.82) is 0 Å². The number of carbonyl (C=O) groups is 1. The largest absolute Gasteiger partial charge is 0.478 e. The van der Waals surface area contributed by atoms with E-state index in [4.69, 9.17) is 10.8 Å². The van der Waals surface area contributed by atoms with Gasteiger partial charge >= 0.3 is 5.97 Å². The second-order valence-corrected chi connectivity index (χ2v) is 4.90. The average Bonchev–Trinajstić information content (AvgIpc) is 2.41. The molecule has 0 aliphatic carbocycles. The molecule has 0 spiro atoms. The fourth-order valence-corrected chi connectivity index (χ4v) is 1.99. The molecule has 0 unspecified atom stereocenters. The van der Waals surface area contributed by atoms with Crippen LogP contribution in [0.4, 0.5) is 11.4 Å². The van der Waals surface area contributed by atoms with Gasteiger partial charge in [-0.25, -0.2) is 4.79 Å². The van der Waals surface area contributed by atoms with Crippen LogP contribution in [-0.4, -0.2) is 11.1 Å². The molecule has 0 amide bonds. The summed E-state index contributed by atoms with van der Waals surface area (Å²) in [4.78, 5) is 11.1. The van der Waals surface area contributed by atoms with Crippen LogP contribution in [0.2, 0.25) is 0 Å². The number of aryl methyl sites for hydroxylation is 2. The molecule has 0 atom stereocenters. The third-order valence-electron chi connectivity index (χ3n) is 3.23. The third kappa shape index (κ3) is 3.09. The normalized spacial score (nSPS) is 10.3. The van der Waals surface area contributed by atoms with Crippen molar-refractivity contribution in [2.75, 3.05) is 11.1 Å². The summed E-state index contributed by atoms with van der Waals surface area (Å²) in [5.74, 6) is -1.01. The number of hydrogen-bond acceptors (Lipinski definition) is 3. The van der Waals surface area contributed by atoms with Crippen LogP contribution in [0.1, 0.15) is 27.0 Å². The van der Waals surface area contributed by atoms with Crippen molar-refractivity contribution in [2.45, 2.75) is 20.4 Å². The Bertz CT molecular complexity index is 634. The quantitative estimate of drug-likeness (QED) is 0.746. The van der Waals surface area contributed by atoms with Gasteiger partial charge in [0.25, 0.3) is 0 Å². The number of nitrogens with one attached hydrogen (secondary N) is 1. The molecule has 0 heterocycles. The zero-order valence-electron chi connectivity index (χ0n) is 11.6. The molecule has 4 N–H and O–H groups in total. The van der Waals surface area contributed by atoms with Crippen LogP contribution in [0.5, 0.6) is 0 Å². The third-order valence-corrected chi connectivity index (χ3v) is 3.23. The lowest BCUT2D eigenvalue weighted by atomic mass is 10.1. The highest BCUT2D eigenvalue weighted by molar-refractivity contribution is 5.95. The zero-order chi connectivity index (χ0) is 14.7. The van der Waals surface area contributed by atoms with Gasteiger partial charge in [0.2, 0.25) is 0 Å². The first-order chi connectivity index (χ1) is 9.47. The molecule has 0 radical (unpaired) electrons. The summed E-state index contributed by atoms with van der Waals surface area (Å²) in [6, 6.07) is 11.6. The minimum Gasteiger partial charge on any atom is -0.478 e. The van der Waals surface area contributed by atoms with Gasteiger partial charge in [-0.2, -0.15) is 0 Å². The number of carboxylic acid groups (broad SMARTS) is 1. The van der Waals surface area contributed by atoms with Crippen LogP contribution in [0.15, 0.2) is 36.4 Å². The maximum atomic E-state index is 11.1.